The Balaban J connectivity index is 1.75. The molecule has 1 atom stereocenters. The fourth-order valence-electron chi connectivity index (χ4n) is 2.97. The van der Waals surface area contributed by atoms with E-state index in [-0.39, 0.29) is 17.2 Å². The summed E-state index contributed by atoms with van der Waals surface area (Å²) in [5.74, 6) is -5.98. The van der Waals surface area contributed by atoms with Gasteiger partial charge in [0.15, 0.2) is 5.13 Å². The quantitative estimate of drug-likeness (QED) is 0.739. The van der Waals surface area contributed by atoms with E-state index in [1.54, 1.807) is 0 Å². The number of nitrogens with zero attached hydrogens (tertiary/aromatic N) is 2. The summed E-state index contributed by atoms with van der Waals surface area (Å²) in [4.78, 5) is 28.8. The van der Waals surface area contributed by atoms with Crippen LogP contribution < -0.4 is 5.32 Å². The lowest BCUT2D eigenvalue weighted by Gasteiger charge is -2.18. The van der Waals surface area contributed by atoms with Crippen molar-refractivity contribution < 1.29 is 35.9 Å². The van der Waals surface area contributed by atoms with E-state index < -0.39 is 60.0 Å². The molecular weight excluding hydrogens is 424 g/mol. The van der Waals surface area contributed by atoms with Gasteiger partial charge < -0.3 is 10.2 Å². The Bertz CT molecular complexity index is 952. The van der Waals surface area contributed by atoms with Gasteiger partial charge in [0.2, 0.25) is 11.8 Å². The zero-order chi connectivity index (χ0) is 21.5. The monoisotopic (exact) mass is 437 g/mol. The number of hydrogen-bond acceptors (Lipinski definition) is 4. The van der Waals surface area contributed by atoms with Crippen molar-refractivity contribution in [2.24, 2.45) is 5.92 Å². The van der Waals surface area contributed by atoms with Gasteiger partial charge in [-0.1, -0.05) is 0 Å². The molecule has 2 heterocycles. The summed E-state index contributed by atoms with van der Waals surface area (Å²) in [5.41, 5.74) is -0.699. The summed E-state index contributed by atoms with van der Waals surface area (Å²) >= 11 is 0.881. The van der Waals surface area contributed by atoms with Gasteiger partial charge in [-0.2, -0.15) is 13.2 Å². The summed E-state index contributed by atoms with van der Waals surface area (Å²) in [6.45, 7) is -0.364. The molecule has 1 N–H and O–H groups in total. The first kappa shape index (κ1) is 21.1. The number of rotatable bonds is 4. The number of aryl methyl sites for hydroxylation is 1. The molecule has 0 aliphatic carbocycles. The van der Waals surface area contributed by atoms with Gasteiger partial charge in [-0.15, -0.1) is 11.3 Å². The molecule has 1 aromatic heterocycles. The van der Waals surface area contributed by atoms with Crippen LogP contribution in [0, 0.1) is 30.3 Å². The van der Waals surface area contributed by atoms with E-state index in [2.05, 4.69) is 10.3 Å². The van der Waals surface area contributed by atoms with Gasteiger partial charge in [-0.05, 0) is 6.92 Å². The summed E-state index contributed by atoms with van der Waals surface area (Å²) < 4.78 is 78.4. The van der Waals surface area contributed by atoms with Crippen LogP contribution in [0.15, 0.2) is 12.1 Å². The van der Waals surface area contributed by atoms with Crippen LogP contribution in [-0.4, -0.2) is 41.0 Å². The van der Waals surface area contributed by atoms with Crippen molar-refractivity contribution in [1.82, 2.24) is 9.88 Å². The van der Waals surface area contributed by atoms with Crippen LogP contribution in [0.1, 0.15) is 11.3 Å². The van der Waals surface area contributed by atoms with Crippen LogP contribution in [0.25, 0.3) is 11.3 Å². The maximum Gasteiger partial charge on any atom is 0.406 e. The second-order valence-corrected chi connectivity index (χ2v) is 7.65. The fourth-order valence-corrected chi connectivity index (χ4v) is 3.80. The minimum absolute atomic E-state index is 0.0488. The molecule has 0 spiro atoms. The lowest BCUT2D eigenvalue weighted by Crippen LogP contribution is -2.36. The number of benzene rings is 1. The Hall–Kier alpha value is -2.63. The van der Waals surface area contributed by atoms with Crippen LogP contribution >= 0.6 is 11.3 Å². The molecule has 1 saturated heterocycles. The summed E-state index contributed by atoms with van der Waals surface area (Å²) in [7, 11) is 0. The zero-order valence-corrected chi connectivity index (χ0v) is 15.6. The smallest absolute Gasteiger partial charge is 0.333 e. The third-order valence-corrected chi connectivity index (χ3v) is 5.11. The third-order valence-electron chi connectivity index (χ3n) is 4.23. The van der Waals surface area contributed by atoms with Gasteiger partial charge in [0.05, 0.1) is 17.2 Å². The van der Waals surface area contributed by atoms with Crippen molar-refractivity contribution in [2.75, 3.05) is 18.4 Å². The van der Waals surface area contributed by atoms with Gasteiger partial charge in [-0.25, -0.2) is 18.2 Å². The van der Waals surface area contributed by atoms with Crippen molar-refractivity contribution in [3.05, 3.63) is 34.5 Å². The Kier molecular flexibility index (Phi) is 5.57. The predicted molar refractivity (Wildman–Crippen MR) is 91.5 cm³/mol. The average Bonchev–Trinajstić information content (AvgIpc) is 3.08. The van der Waals surface area contributed by atoms with Crippen LogP contribution in [0.3, 0.4) is 0 Å². The predicted octanol–water partition coefficient (Wildman–Crippen LogP) is 3.89. The van der Waals surface area contributed by atoms with E-state index in [0.717, 1.165) is 11.3 Å². The molecule has 1 unspecified atom stereocenters. The van der Waals surface area contributed by atoms with Crippen LogP contribution in [0.5, 0.6) is 0 Å². The maximum atomic E-state index is 14.0. The van der Waals surface area contributed by atoms with Gasteiger partial charge in [-0.3, -0.25) is 9.59 Å². The molecule has 0 saturated carbocycles. The largest absolute Gasteiger partial charge is 0.406 e. The summed E-state index contributed by atoms with van der Waals surface area (Å²) in [6, 6.07) is 0.990. The molecule has 3 rings (SSSR count). The topological polar surface area (TPSA) is 62.3 Å². The molecule has 29 heavy (non-hydrogen) atoms. The van der Waals surface area contributed by atoms with E-state index in [4.69, 9.17) is 0 Å². The van der Waals surface area contributed by atoms with E-state index >= 15 is 0 Å². The number of anilines is 1. The Morgan fingerprint density at radius 3 is 2.48 bits per heavy atom. The van der Waals surface area contributed by atoms with Crippen molar-refractivity contribution in [3.8, 4) is 11.3 Å². The minimum Gasteiger partial charge on any atom is -0.333 e. The van der Waals surface area contributed by atoms with Gasteiger partial charge in [0.1, 0.15) is 24.0 Å². The second-order valence-electron chi connectivity index (χ2n) is 6.45. The lowest BCUT2D eigenvalue weighted by molar-refractivity contribution is -0.157. The molecular formula is C17H13F6N3O2S. The first-order chi connectivity index (χ1) is 13.4. The Morgan fingerprint density at radius 2 is 1.90 bits per heavy atom. The van der Waals surface area contributed by atoms with E-state index in [0.29, 0.717) is 21.9 Å². The number of carbonyl (C=O) groups excluding carboxylic acids is 2. The first-order valence-corrected chi connectivity index (χ1v) is 9.04. The highest BCUT2D eigenvalue weighted by Crippen LogP contribution is 2.34. The molecule has 2 aromatic rings. The van der Waals surface area contributed by atoms with Gasteiger partial charge in [0, 0.05) is 30.0 Å². The van der Waals surface area contributed by atoms with Crippen molar-refractivity contribution in [3.63, 3.8) is 0 Å². The lowest BCUT2D eigenvalue weighted by atomic mass is 10.1. The zero-order valence-electron chi connectivity index (χ0n) is 14.7. The number of thiazole rings is 1. The number of carbonyl (C=O) groups is 2. The number of alkyl halides is 3. The molecule has 156 valence electrons. The highest BCUT2D eigenvalue weighted by atomic mass is 32.1. The number of halogens is 6. The number of nitrogens with one attached hydrogen (secondary N) is 1. The molecule has 1 aromatic carbocycles. The van der Waals surface area contributed by atoms with E-state index in [1.165, 1.54) is 6.92 Å². The normalized spacial score (nSPS) is 17.1. The Morgan fingerprint density at radius 1 is 1.28 bits per heavy atom. The van der Waals surface area contributed by atoms with Crippen LogP contribution in [0.4, 0.5) is 31.5 Å². The van der Waals surface area contributed by atoms with Crippen molar-refractivity contribution in [2.45, 2.75) is 19.5 Å². The average molecular weight is 437 g/mol. The Labute approximate surface area is 164 Å². The molecule has 1 fully saturated rings. The van der Waals surface area contributed by atoms with Crippen molar-refractivity contribution >= 4 is 28.3 Å². The molecule has 2 amide bonds. The van der Waals surface area contributed by atoms with E-state index in [9.17, 15) is 35.9 Å². The standard InChI is InChI=1S/C17H13F6N3O2S/c1-7-14(13-10(19)3-9(18)4-11(13)20)24-16(29-7)25-15(28)8-2-12(27)26(5-8)6-17(21,22)23/h3-4,8H,2,5-6H2,1H3,(H,24,25,28). The number of aromatic nitrogens is 1. The highest BCUT2D eigenvalue weighted by molar-refractivity contribution is 7.16. The molecule has 12 heteroatoms. The maximum absolute atomic E-state index is 14.0. The number of hydrogen-bond donors (Lipinski definition) is 1. The molecule has 0 bridgehead atoms. The van der Waals surface area contributed by atoms with E-state index in [1.807, 2.05) is 0 Å². The fraction of sp³-hybridized carbons (Fsp3) is 0.353. The minimum atomic E-state index is -4.58. The van der Waals surface area contributed by atoms with Gasteiger partial charge >= 0.3 is 6.18 Å². The van der Waals surface area contributed by atoms with Gasteiger partial charge in [0.25, 0.3) is 0 Å². The third kappa shape index (κ3) is 4.69. The first-order valence-electron chi connectivity index (χ1n) is 8.22. The molecule has 0 radical (unpaired) electrons. The summed E-state index contributed by atoms with van der Waals surface area (Å²) in [6.07, 6.45) is -4.97. The van der Waals surface area contributed by atoms with Crippen molar-refractivity contribution in [1.29, 1.82) is 0 Å². The van der Waals surface area contributed by atoms with Crippen LogP contribution in [-0.2, 0) is 9.59 Å². The highest BCUT2D eigenvalue weighted by Gasteiger charge is 2.40. The summed E-state index contributed by atoms with van der Waals surface area (Å²) in [5, 5.41) is 2.31. The molecule has 1 aliphatic heterocycles. The molecule has 1 aliphatic rings. The molecule has 5 nitrogen and oxygen atoms in total. The SMILES string of the molecule is Cc1sc(NC(=O)C2CC(=O)N(CC(F)(F)F)C2)nc1-c1c(F)cc(F)cc1F. The second kappa shape index (κ2) is 7.65. The van der Waals surface area contributed by atoms with Crippen LogP contribution in [0.2, 0.25) is 0 Å². The number of amides is 2. The number of likely N-dealkylation sites (tertiary alicyclic amines) is 1.